The second-order valence-electron chi connectivity index (χ2n) is 8.08. The largest absolute Gasteiger partial charge is 0.478 e. The van der Waals surface area contributed by atoms with Crippen LogP contribution in [0.2, 0.25) is 0 Å². The summed E-state index contributed by atoms with van der Waals surface area (Å²) in [6.07, 6.45) is 0.306. The number of carbonyl (C=O) groups is 3. The Morgan fingerprint density at radius 1 is 1.09 bits per heavy atom. The van der Waals surface area contributed by atoms with Gasteiger partial charge >= 0.3 is 12.1 Å². The van der Waals surface area contributed by atoms with E-state index in [9.17, 15) is 19.5 Å². The highest BCUT2D eigenvalue weighted by atomic mass is 32.1. The highest BCUT2D eigenvalue weighted by Gasteiger charge is 2.30. The van der Waals surface area contributed by atoms with Gasteiger partial charge in [0, 0.05) is 5.92 Å². The van der Waals surface area contributed by atoms with Gasteiger partial charge in [-0.15, -0.1) is 0 Å². The van der Waals surface area contributed by atoms with Crippen molar-refractivity contribution < 1.29 is 24.2 Å². The predicted molar refractivity (Wildman–Crippen MR) is 129 cm³/mol. The molecule has 9 heteroatoms. The maximum absolute atomic E-state index is 12.8. The van der Waals surface area contributed by atoms with Crippen LogP contribution in [0.3, 0.4) is 0 Å². The molecule has 0 aliphatic heterocycles. The standard InChI is InChI=1S/C25H25N3O5S/c1-3-8-20(22(29)27-23-21(24(30)31)14(2)28-34-23)26-25(32)33-13-19-17-11-6-4-9-15(17)16-10-5-7-12-18(16)19/h4-7,9-12,19-20H,3,8,13H2,1-2H3,(H,26,32)(H,27,29)(H,30,31)/t20-/m1/s1. The lowest BCUT2D eigenvalue weighted by Gasteiger charge is -2.19. The van der Waals surface area contributed by atoms with Crippen LogP contribution in [0.4, 0.5) is 9.80 Å². The van der Waals surface area contributed by atoms with Crippen LogP contribution >= 0.6 is 11.5 Å². The molecule has 1 aliphatic carbocycles. The van der Waals surface area contributed by atoms with Crippen molar-refractivity contribution in [3.05, 3.63) is 70.9 Å². The van der Waals surface area contributed by atoms with E-state index in [1.165, 1.54) is 0 Å². The summed E-state index contributed by atoms with van der Waals surface area (Å²) >= 11 is 0.895. The van der Waals surface area contributed by atoms with Gasteiger partial charge in [0.25, 0.3) is 0 Å². The van der Waals surface area contributed by atoms with Gasteiger partial charge in [-0.3, -0.25) is 4.79 Å². The lowest BCUT2D eigenvalue weighted by atomic mass is 9.98. The van der Waals surface area contributed by atoms with Gasteiger partial charge in [0.05, 0.1) is 5.69 Å². The first kappa shape index (κ1) is 23.4. The molecule has 1 heterocycles. The van der Waals surface area contributed by atoms with Crippen LogP contribution in [0, 0.1) is 6.92 Å². The zero-order valence-electron chi connectivity index (χ0n) is 18.8. The first-order valence-electron chi connectivity index (χ1n) is 11.0. The number of rotatable bonds is 8. The molecule has 0 unspecified atom stereocenters. The van der Waals surface area contributed by atoms with Crippen molar-refractivity contribution in [2.45, 2.75) is 38.6 Å². The van der Waals surface area contributed by atoms with E-state index >= 15 is 0 Å². The Hall–Kier alpha value is -3.72. The summed E-state index contributed by atoms with van der Waals surface area (Å²) in [5.41, 5.74) is 4.73. The monoisotopic (exact) mass is 479 g/mol. The number of benzene rings is 2. The average molecular weight is 480 g/mol. The Balaban J connectivity index is 1.42. The number of hydrogen-bond acceptors (Lipinski definition) is 6. The number of anilines is 1. The van der Waals surface area contributed by atoms with E-state index in [0.29, 0.717) is 18.5 Å². The number of aromatic nitrogens is 1. The first-order chi connectivity index (χ1) is 16.4. The summed E-state index contributed by atoms with van der Waals surface area (Å²) in [4.78, 5) is 36.9. The number of fused-ring (bicyclic) bond motifs is 3. The van der Waals surface area contributed by atoms with Gasteiger partial charge in [-0.1, -0.05) is 61.9 Å². The molecule has 176 valence electrons. The lowest BCUT2D eigenvalue weighted by Crippen LogP contribution is -2.44. The normalized spacial score (nSPS) is 13.0. The smallest absolute Gasteiger partial charge is 0.407 e. The second-order valence-corrected chi connectivity index (χ2v) is 8.85. The second kappa shape index (κ2) is 10.0. The third-order valence-corrected chi connectivity index (χ3v) is 6.70. The Labute approximate surface area is 201 Å². The van der Waals surface area contributed by atoms with Crippen molar-refractivity contribution in [2.24, 2.45) is 0 Å². The Bertz CT molecular complexity index is 1190. The molecular formula is C25H25N3O5S. The molecule has 34 heavy (non-hydrogen) atoms. The minimum atomic E-state index is -1.17. The summed E-state index contributed by atoms with van der Waals surface area (Å²) in [6.45, 7) is 3.59. The van der Waals surface area contributed by atoms with Crippen LogP contribution in [-0.4, -0.2) is 40.1 Å². The molecular weight excluding hydrogens is 454 g/mol. The van der Waals surface area contributed by atoms with Crippen molar-refractivity contribution in [1.29, 1.82) is 0 Å². The van der Waals surface area contributed by atoms with Gasteiger partial charge in [-0.25, -0.2) is 9.59 Å². The molecule has 0 saturated heterocycles. The molecule has 3 aromatic rings. The number of aromatic carboxylic acids is 1. The molecule has 1 aromatic heterocycles. The van der Waals surface area contributed by atoms with Gasteiger partial charge in [0.2, 0.25) is 5.91 Å². The first-order valence-corrected chi connectivity index (χ1v) is 11.8. The van der Waals surface area contributed by atoms with Crippen molar-refractivity contribution in [2.75, 3.05) is 11.9 Å². The van der Waals surface area contributed by atoms with E-state index in [2.05, 4.69) is 27.1 Å². The van der Waals surface area contributed by atoms with Gasteiger partial charge in [0.15, 0.2) is 0 Å². The Morgan fingerprint density at radius 3 is 2.29 bits per heavy atom. The molecule has 1 atom stereocenters. The summed E-state index contributed by atoms with van der Waals surface area (Å²) in [5.74, 6) is -1.77. The molecule has 2 amide bonds. The van der Waals surface area contributed by atoms with Gasteiger partial charge in [-0.2, -0.15) is 4.37 Å². The predicted octanol–water partition coefficient (Wildman–Crippen LogP) is 4.80. The third kappa shape index (κ3) is 4.65. The molecule has 3 N–H and O–H groups in total. The fraction of sp³-hybridized carbons (Fsp3) is 0.280. The number of hydrogen-bond donors (Lipinski definition) is 3. The molecule has 0 saturated carbocycles. The molecule has 8 nitrogen and oxygen atoms in total. The maximum Gasteiger partial charge on any atom is 0.407 e. The SMILES string of the molecule is CCC[C@@H](NC(=O)OCC1c2ccccc2-c2ccccc21)C(=O)Nc1snc(C)c1C(=O)O. The van der Waals surface area contributed by atoms with Crippen LogP contribution in [0.1, 0.15) is 52.9 Å². The minimum absolute atomic E-state index is 0.0465. The number of carboxylic acids is 1. The number of nitrogens with one attached hydrogen (secondary N) is 2. The summed E-state index contributed by atoms with van der Waals surface area (Å²) in [6, 6.07) is 15.2. The van der Waals surface area contributed by atoms with Gasteiger partial charge in [0.1, 0.15) is 23.2 Å². The maximum atomic E-state index is 12.8. The molecule has 4 rings (SSSR count). The summed E-state index contributed by atoms with van der Waals surface area (Å²) in [7, 11) is 0. The van der Waals surface area contributed by atoms with Crippen molar-refractivity contribution in [3.8, 4) is 11.1 Å². The van der Waals surface area contributed by atoms with Crippen LogP contribution in [0.5, 0.6) is 0 Å². The highest BCUT2D eigenvalue weighted by Crippen LogP contribution is 2.44. The lowest BCUT2D eigenvalue weighted by molar-refractivity contribution is -0.118. The summed E-state index contributed by atoms with van der Waals surface area (Å²) < 4.78 is 9.55. The number of aryl methyl sites for hydroxylation is 1. The van der Waals surface area contributed by atoms with Gasteiger partial charge in [-0.05, 0) is 47.1 Å². The van der Waals surface area contributed by atoms with Gasteiger partial charge < -0.3 is 20.5 Å². The zero-order chi connectivity index (χ0) is 24.2. The van der Waals surface area contributed by atoms with Crippen molar-refractivity contribution >= 4 is 34.5 Å². The van der Waals surface area contributed by atoms with Crippen molar-refractivity contribution in [1.82, 2.24) is 9.69 Å². The zero-order valence-corrected chi connectivity index (χ0v) is 19.6. The molecule has 0 radical (unpaired) electrons. The van der Waals surface area contributed by atoms with E-state index in [4.69, 9.17) is 4.74 Å². The topological polar surface area (TPSA) is 118 Å². The molecule has 0 spiro atoms. The fourth-order valence-electron chi connectivity index (χ4n) is 4.25. The van der Waals surface area contributed by atoms with E-state index in [1.807, 2.05) is 43.3 Å². The summed E-state index contributed by atoms with van der Waals surface area (Å²) in [5, 5.41) is 14.7. The Kier molecular flexibility index (Phi) is 6.93. The van der Waals surface area contributed by atoms with E-state index < -0.39 is 24.0 Å². The number of ether oxygens (including phenoxy) is 1. The average Bonchev–Trinajstić information content (AvgIpc) is 3.35. The molecule has 0 bridgehead atoms. The van der Waals surface area contributed by atoms with E-state index in [1.54, 1.807) is 6.92 Å². The molecule has 1 aliphatic rings. The number of carboxylic acid groups (broad SMARTS) is 1. The number of alkyl carbamates (subject to hydrolysis) is 1. The highest BCUT2D eigenvalue weighted by molar-refractivity contribution is 7.11. The van der Waals surface area contributed by atoms with Crippen LogP contribution in [-0.2, 0) is 9.53 Å². The Morgan fingerprint density at radius 2 is 1.71 bits per heavy atom. The fourth-order valence-corrected chi connectivity index (χ4v) is 5.04. The quantitative estimate of drug-likeness (QED) is 0.427. The number of carbonyl (C=O) groups excluding carboxylic acids is 2. The van der Waals surface area contributed by atoms with Crippen LogP contribution in [0.25, 0.3) is 11.1 Å². The van der Waals surface area contributed by atoms with Crippen LogP contribution in [0.15, 0.2) is 48.5 Å². The molecule has 2 aromatic carbocycles. The minimum Gasteiger partial charge on any atom is -0.478 e. The number of nitrogens with zero attached hydrogens (tertiary/aromatic N) is 1. The van der Waals surface area contributed by atoms with Crippen LogP contribution < -0.4 is 10.6 Å². The van der Waals surface area contributed by atoms with Crippen molar-refractivity contribution in [3.63, 3.8) is 0 Å². The van der Waals surface area contributed by atoms with E-state index in [0.717, 1.165) is 33.8 Å². The molecule has 0 fully saturated rings. The van der Waals surface area contributed by atoms with E-state index in [-0.39, 0.29) is 23.1 Å². The number of amides is 2. The third-order valence-electron chi connectivity index (χ3n) is 5.84.